The van der Waals surface area contributed by atoms with Crippen LogP contribution in [0.5, 0.6) is 0 Å². The summed E-state index contributed by atoms with van der Waals surface area (Å²) in [5, 5.41) is 6.01. The lowest BCUT2D eigenvalue weighted by molar-refractivity contribution is 0.102. The van der Waals surface area contributed by atoms with Crippen molar-refractivity contribution >= 4 is 33.3 Å². The predicted molar refractivity (Wildman–Crippen MR) is 91.4 cm³/mol. The van der Waals surface area contributed by atoms with Crippen molar-refractivity contribution in [3.05, 3.63) is 52.4 Å². The summed E-state index contributed by atoms with van der Waals surface area (Å²) in [4.78, 5) is 18.7. The van der Waals surface area contributed by atoms with Crippen molar-refractivity contribution in [2.24, 2.45) is 0 Å². The number of halogens is 2. The van der Waals surface area contributed by atoms with Crippen LogP contribution in [0.15, 0.2) is 41.0 Å². The van der Waals surface area contributed by atoms with Crippen LogP contribution in [0.25, 0.3) is 0 Å². The highest BCUT2D eigenvalue weighted by atomic mass is 79.9. The first-order valence-corrected chi connectivity index (χ1v) is 8.11. The molecule has 0 unspecified atom stereocenters. The number of piperazine rings is 1. The van der Waals surface area contributed by atoms with Crippen molar-refractivity contribution in [2.75, 3.05) is 36.4 Å². The van der Waals surface area contributed by atoms with Crippen LogP contribution in [-0.2, 0) is 0 Å². The van der Waals surface area contributed by atoms with Gasteiger partial charge in [0, 0.05) is 30.7 Å². The van der Waals surface area contributed by atoms with Gasteiger partial charge in [0.15, 0.2) is 0 Å². The van der Waals surface area contributed by atoms with Crippen molar-refractivity contribution in [1.82, 2.24) is 10.3 Å². The second kappa shape index (κ2) is 7.06. The van der Waals surface area contributed by atoms with E-state index in [9.17, 15) is 9.18 Å². The summed E-state index contributed by atoms with van der Waals surface area (Å²) in [5.74, 6) is -0.267. The first kappa shape index (κ1) is 15.9. The summed E-state index contributed by atoms with van der Waals surface area (Å²) in [6, 6.07) is 7.65. The summed E-state index contributed by atoms with van der Waals surface area (Å²) in [5.41, 5.74) is 1.40. The van der Waals surface area contributed by atoms with E-state index < -0.39 is 5.82 Å². The standard InChI is InChI=1S/C16H16BrFN4O/c17-14-9-11(18)1-3-13(14)16(23)21-15-4-2-12(10-20-15)22-7-5-19-6-8-22/h1-4,9-10,19H,5-8H2,(H,20,21,23). The minimum Gasteiger partial charge on any atom is -0.368 e. The molecular formula is C16H16BrFN4O. The molecule has 0 bridgehead atoms. The Labute approximate surface area is 142 Å². The van der Waals surface area contributed by atoms with E-state index in [1.165, 1.54) is 18.2 Å². The normalized spacial score (nSPS) is 14.6. The molecule has 3 rings (SSSR count). The molecule has 2 aromatic rings. The third-order valence-corrected chi connectivity index (χ3v) is 4.30. The zero-order valence-corrected chi connectivity index (χ0v) is 13.9. The number of carbonyl (C=O) groups excluding carboxylic acids is 1. The molecule has 1 aromatic carbocycles. The van der Waals surface area contributed by atoms with Gasteiger partial charge in [0.1, 0.15) is 11.6 Å². The zero-order valence-electron chi connectivity index (χ0n) is 12.4. The highest BCUT2D eigenvalue weighted by Gasteiger charge is 2.13. The number of anilines is 2. The molecule has 1 aliphatic heterocycles. The van der Waals surface area contributed by atoms with Gasteiger partial charge in [0.25, 0.3) is 5.91 Å². The van der Waals surface area contributed by atoms with Crippen LogP contribution in [0.3, 0.4) is 0 Å². The topological polar surface area (TPSA) is 57.3 Å². The second-order valence-electron chi connectivity index (χ2n) is 5.22. The van der Waals surface area contributed by atoms with Crippen LogP contribution >= 0.6 is 15.9 Å². The number of benzene rings is 1. The summed E-state index contributed by atoms with van der Waals surface area (Å²) in [7, 11) is 0. The van der Waals surface area contributed by atoms with E-state index in [0.717, 1.165) is 31.9 Å². The molecule has 2 N–H and O–H groups in total. The number of rotatable bonds is 3. The molecule has 5 nitrogen and oxygen atoms in total. The maximum Gasteiger partial charge on any atom is 0.257 e. The van der Waals surface area contributed by atoms with Gasteiger partial charge < -0.3 is 15.5 Å². The molecular weight excluding hydrogens is 363 g/mol. The van der Waals surface area contributed by atoms with E-state index in [0.29, 0.717) is 15.9 Å². The van der Waals surface area contributed by atoms with Gasteiger partial charge in [-0.2, -0.15) is 0 Å². The van der Waals surface area contributed by atoms with Crippen molar-refractivity contribution in [3.63, 3.8) is 0 Å². The summed E-state index contributed by atoms with van der Waals surface area (Å²) in [6.45, 7) is 3.79. The SMILES string of the molecule is O=C(Nc1ccc(N2CCNCC2)cn1)c1ccc(F)cc1Br. The van der Waals surface area contributed by atoms with Crippen LogP contribution in [0, 0.1) is 5.82 Å². The monoisotopic (exact) mass is 378 g/mol. The Balaban J connectivity index is 1.69. The van der Waals surface area contributed by atoms with Crippen molar-refractivity contribution in [2.45, 2.75) is 0 Å². The van der Waals surface area contributed by atoms with E-state index in [-0.39, 0.29) is 5.91 Å². The number of nitrogens with zero attached hydrogens (tertiary/aromatic N) is 2. The van der Waals surface area contributed by atoms with Crippen LogP contribution in [0.1, 0.15) is 10.4 Å². The van der Waals surface area contributed by atoms with Gasteiger partial charge in [-0.25, -0.2) is 9.37 Å². The molecule has 23 heavy (non-hydrogen) atoms. The molecule has 1 saturated heterocycles. The maximum absolute atomic E-state index is 13.1. The molecule has 2 heterocycles. The fraction of sp³-hybridized carbons (Fsp3) is 0.250. The number of hydrogen-bond donors (Lipinski definition) is 2. The highest BCUT2D eigenvalue weighted by Crippen LogP contribution is 2.20. The van der Waals surface area contributed by atoms with Gasteiger partial charge in [-0.15, -0.1) is 0 Å². The van der Waals surface area contributed by atoms with Gasteiger partial charge in [-0.05, 0) is 46.3 Å². The van der Waals surface area contributed by atoms with Gasteiger partial charge in [0.05, 0.1) is 17.4 Å². The number of hydrogen-bond acceptors (Lipinski definition) is 4. The molecule has 1 aromatic heterocycles. The lowest BCUT2D eigenvalue weighted by Crippen LogP contribution is -2.43. The van der Waals surface area contributed by atoms with Crippen molar-refractivity contribution in [1.29, 1.82) is 0 Å². The van der Waals surface area contributed by atoms with E-state index in [1.54, 1.807) is 12.3 Å². The number of carbonyl (C=O) groups is 1. The van der Waals surface area contributed by atoms with Crippen LogP contribution < -0.4 is 15.5 Å². The van der Waals surface area contributed by atoms with Crippen LogP contribution in [0.4, 0.5) is 15.9 Å². The molecule has 1 aliphatic rings. The fourth-order valence-corrected chi connectivity index (χ4v) is 2.96. The lowest BCUT2D eigenvalue weighted by atomic mass is 10.2. The molecule has 1 amide bonds. The van der Waals surface area contributed by atoms with E-state index in [4.69, 9.17) is 0 Å². The van der Waals surface area contributed by atoms with E-state index in [2.05, 4.69) is 36.4 Å². The fourth-order valence-electron chi connectivity index (χ4n) is 2.43. The molecule has 0 aliphatic carbocycles. The molecule has 1 fully saturated rings. The van der Waals surface area contributed by atoms with Crippen molar-refractivity contribution < 1.29 is 9.18 Å². The Morgan fingerprint density at radius 3 is 2.70 bits per heavy atom. The quantitative estimate of drug-likeness (QED) is 0.861. The van der Waals surface area contributed by atoms with Crippen LogP contribution in [-0.4, -0.2) is 37.1 Å². The van der Waals surface area contributed by atoms with Gasteiger partial charge in [-0.1, -0.05) is 0 Å². The third kappa shape index (κ3) is 3.86. The number of amides is 1. The maximum atomic E-state index is 13.1. The predicted octanol–water partition coefficient (Wildman–Crippen LogP) is 2.65. The minimum atomic E-state index is -0.396. The molecule has 7 heteroatoms. The smallest absolute Gasteiger partial charge is 0.257 e. The largest absolute Gasteiger partial charge is 0.368 e. The summed E-state index contributed by atoms with van der Waals surface area (Å²) < 4.78 is 13.5. The van der Waals surface area contributed by atoms with Gasteiger partial charge >= 0.3 is 0 Å². The average molecular weight is 379 g/mol. The highest BCUT2D eigenvalue weighted by molar-refractivity contribution is 9.10. The van der Waals surface area contributed by atoms with Gasteiger partial charge in [-0.3, -0.25) is 4.79 Å². The Morgan fingerprint density at radius 1 is 1.26 bits per heavy atom. The number of pyridine rings is 1. The molecule has 0 saturated carbocycles. The zero-order chi connectivity index (χ0) is 16.2. The van der Waals surface area contributed by atoms with Crippen LogP contribution in [0.2, 0.25) is 0 Å². The number of nitrogens with one attached hydrogen (secondary N) is 2. The Hall–Kier alpha value is -1.99. The first-order chi connectivity index (χ1) is 11.1. The molecule has 120 valence electrons. The Kier molecular flexibility index (Phi) is 4.88. The average Bonchev–Trinajstić information content (AvgIpc) is 2.56. The number of aromatic nitrogens is 1. The lowest BCUT2D eigenvalue weighted by Gasteiger charge is -2.29. The van der Waals surface area contributed by atoms with E-state index >= 15 is 0 Å². The second-order valence-corrected chi connectivity index (χ2v) is 6.07. The Bertz CT molecular complexity index is 702. The molecule has 0 spiro atoms. The third-order valence-electron chi connectivity index (χ3n) is 3.65. The Morgan fingerprint density at radius 2 is 2.04 bits per heavy atom. The summed E-state index contributed by atoms with van der Waals surface area (Å²) in [6.07, 6.45) is 1.75. The van der Waals surface area contributed by atoms with Gasteiger partial charge in [0.2, 0.25) is 0 Å². The van der Waals surface area contributed by atoms with E-state index in [1.807, 2.05) is 6.07 Å². The summed E-state index contributed by atoms with van der Waals surface area (Å²) >= 11 is 3.19. The minimum absolute atomic E-state index is 0.334. The molecule has 0 radical (unpaired) electrons. The van der Waals surface area contributed by atoms with Crippen molar-refractivity contribution in [3.8, 4) is 0 Å². The molecule has 0 atom stereocenters. The first-order valence-electron chi connectivity index (χ1n) is 7.31.